The summed E-state index contributed by atoms with van der Waals surface area (Å²) < 4.78 is 10.5. The monoisotopic (exact) mass is 188 g/mol. The highest BCUT2D eigenvalue weighted by molar-refractivity contribution is 4.83. The molecule has 0 bridgehead atoms. The van der Waals surface area contributed by atoms with E-state index in [1.165, 1.54) is 0 Å². The molecule has 0 amide bonds. The van der Waals surface area contributed by atoms with Gasteiger partial charge in [-0.05, 0) is 6.54 Å². The van der Waals surface area contributed by atoms with Crippen molar-refractivity contribution in [3.8, 4) is 0 Å². The Morgan fingerprint density at radius 3 is 3.08 bits per heavy atom. The predicted molar refractivity (Wildman–Crippen MR) is 52.0 cm³/mol. The summed E-state index contributed by atoms with van der Waals surface area (Å²) in [6.45, 7) is 6.34. The minimum absolute atomic E-state index is 0.357. The zero-order valence-corrected chi connectivity index (χ0v) is 8.51. The van der Waals surface area contributed by atoms with Crippen molar-refractivity contribution < 1.29 is 9.47 Å². The molecule has 1 rings (SSSR count). The Labute approximate surface area is 80.0 Å². The highest BCUT2D eigenvalue weighted by Crippen LogP contribution is 2.00. The summed E-state index contributed by atoms with van der Waals surface area (Å²) in [5.74, 6) is 0. The van der Waals surface area contributed by atoms with Gasteiger partial charge < -0.3 is 20.1 Å². The molecule has 78 valence electrons. The van der Waals surface area contributed by atoms with Gasteiger partial charge in [-0.2, -0.15) is 0 Å². The molecule has 4 heteroatoms. The molecular formula is C9H20N2O2. The lowest BCUT2D eigenvalue weighted by Gasteiger charge is -2.31. The summed E-state index contributed by atoms with van der Waals surface area (Å²) in [7, 11) is 1.73. The van der Waals surface area contributed by atoms with E-state index in [2.05, 4.69) is 17.6 Å². The Morgan fingerprint density at radius 2 is 2.54 bits per heavy atom. The molecule has 1 heterocycles. The van der Waals surface area contributed by atoms with Gasteiger partial charge in [0.15, 0.2) is 0 Å². The smallest absolute Gasteiger partial charge is 0.0636 e. The van der Waals surface area contributed by atoms with Gasteiger partial charge in [0.25, 0.3) is 0 Å². The zero-order chi connectivity index (χ0) is 9.52. The van der Waals surface area contributed by atoms with Gasteiger partial charge in [-0.15, -0.1) is 0 Å². The molecule has 13 heavy (non-hydrogen) atoms. The van der Waals surface area contributed by atoms with Gasteiger partial charge in [0.1, 0.15) is 0 Å². The third kappa shape index (κ3) is 3.60. The van der Waals surface area contributed by atoms with Crippen LogP contribution in [0, 0.1) is 0 Å². The van der Waals surface area contributed by atoms with E-state index in [0.717, 1.165) is 32.9 Å². The molecule has 0 radical (unpaired) electrons. The normalized spacial score (nSPS) is 25.8. The summed E-state index contributed by atoms with van der Waals surface area (Å²) in [5.41, 5.74) is 0. The Balaban J connectivity index is 2.32. The molecule has 0 saturated carbocycles. The number of likely N-dealkylation sites (N-methyl/N-ethyl adjacent to an activating group) is 1. The van der Waals surface area contributed by atoms with Crippen LogP contribution in [0.25, 0.3) is 0 Å². The molecule has 2 unspecified atom stereocenters. The topological polar surface area (TPSA) is 42.5 Å². The average Bonchev–Trinajstić information content (AvgIpc) is 2.19. The maximum absolute atomic E-state index is 5.40. The van der Waals surface area contributed by atoms with Crippen molar-refractivity contribution >= 4 is 0 Å². The lowest BCUT2D eigenvalue weighted by Crippen LogP contribution is -2.55. The van der Waals surface area contributed by atoms with E-state index in [4.69, 9.17) is 9.47 Å². The van der Waals surface area contributed by atoms with Crippen LogP contribution in [0.15, 0.2) is 0 Å². The lowest BCUT2D eigenvalue weighted by molar-refractivity contribution is 0.0467. The standard InChI is InChI=1S/C9H20N2O2/c1-3-10-8(6-12-2)9-7-13-5-4-11-9/h8-11H,3-7H2,1-2H3. The number of morpholine rings is 1. The first-order valence-corrected chi connectivity index (χ1v) is 4.92. The van der Waals surface area contributed by atoms with Gasteiger partial charge in [0, 0.05) is 25.7 Å². The van der Waals surface area contributed by atoms with Crippen LogP contribution in [-0.2, 0) is 9.47 Å². The molecule has 1 saturated heterocycles. The fraction of sp³-hybridized carbons (Fsp3) is 1.00. The summed E-state index contributed by atoms with van der Waals surface area (Å²) in [6, 6.07) is 0.740. The SMILES string of the molecule is CCNC(COC)C1COCCN1. The second-order valence-electron chi connectivity index (χ2n) is 3.26. The van der Waals surface area contributed by atoms with Crippen LogP contribution in [-0.4, -0.2) is 52.1 Å². The van der Waals surface area contributed by atoms with Gasteiger partial charge >= 0.3 is 0 Å². The van der Waals surface area contributed by atoms with Crippen LogP contribution >= 0.6 is 0 Å². The van der Waals surface area contributed by atoms with Crippen molar-refractivity contribution in [3.05, 3.63) is 0 Å². The molecule has 0 aromatic heterocycles. The minimum atomic E-state index is 0.357. The molecule has 4 nitrogen and oxygen atoms in total. The third-order valence-corrected chi connectivity index (χ3v) is 2.25. The summed E-state index contributed by atoms with van der Waals surface area (Å²) in [6.07, 6.45) is 0. The predicted octanol–water partition coefficient (Wildman–Crippen LogP) is -0.401. The average molecular weight is 188 g/mol. The highest BCUT2D eigenvalue weighted by atomic mass is 16.5. The Kier molecular flexibility index (Phi) is 5.31. The Hall–Kier alpha value is -0.160. The molecule has 0 spiro atoms. The first kappa shape index (κ1) is 10.9. The van der Waals surface area contributed by atoms with Crippen LogP contribution in [0.4, 0.5) is 0 Å². The molecule has 1 aliphatic heterocycles. The maximum atomic E-state index is 5.40. The summed E-state index contributed by atoms with van der Waals surface area (Å²) in [4.78, 5) is 0. The lowest BCUT2D eigenvalue weighted by atomic mass is 10.1. The molecule has 1 aliphatic rings. The molecule has 2 N–H and O–H groups in total. The molecule has 0 aromatic carbocycles. The summed E-state index contributed by atoms with van der Waals surface area (Å²) in [5, 5.41) is 6.81. The van der Waals surface area contributed by atoms with E-state index in [9.17, 15) is 0 Å². The van der Waals surface area contributed by atoms with Crippen LogP contribution in [0.3, 0.4) is 0 Å². The maximum Gasteiger partial charge on any atom is 0.0636 e. The van der Waals surface area contributed by atoms with Crippen molar-refractivity contribution in [1.29, 1.82) is 0 Å². The second kappa shape index (κ2) is 6.32. The van der Waals surface area contributed by atoms with Crippen molar-refractivity contribution in [2.24, 2.45) is 0 Å². The first-order valence-electron chi connectivity index (χ1n) is 4.92. The summed E-state index contributed by atoms with van der Waals surface area (Å²) >= 11 is 0. The molecular weight excluding hydrogens is 168 g/mol. The quantitative estimate of drug-likeness (QED) is 0.616. The molecule has 2 atom stereocenters. The van der Waals surface area contributed by atoms with E-state index >= 15 is 0 Å². The van der Waals surface area contributed by atoms with Gasteiger partial charge in [-0.1, -0.05) is 6.92 Å². The number of ether oxygens (including phenoxy) is 2. The largest absolute Gasteiger partial charge is 0.383 e. The van der Waals surface area contributed by atoms with E-state index in [1.807, 2.05) is 0 Å². The number of rotatable bonds is 5. The molecule has 0 aliphatic carbocycles. The van der Waals surface area contributed by atoms with Crippen molar-refractivity contribution in [2.75, 3.05) is 40.0 Å². The number of hydrogen-bond donors (Lipinski definition) is 2. The van der Waals surface area contributed by atoms with E-state index < -0.39 is 0 Å². The first-order chi connectivity index (χ1) is 6.38. The Morgan fingerprint density at radius 1 is 1.69 bits per heavy atom. The third-order valence-electron chi connectivity index (χ3n) is 2.25. The fourth-order valence-electron chi connectivity index (χ4n) is 1.60. The van der Waals surface area contributed by atoms with Crippen LogP contribution < -0.4 is 10.6 Å². The Bertz CT molecular complexity index is 121. The van der Waals surface area contributed by atoms with Gasteiger partial charge in [-0.25, -0.2) is 0 Å². The highest BCUT2D eigenvalue weighted by Gasteiger charge is 2.22. The minimum Gasteiger partial charge on any atom is -0.383 e. The van der Waals surface area contributed by atoms with E-state index in [0.29, 0.717) is 12.1 Å². The zero-order valence-electron chi connectivity index (χ0n) is 8.51. The number of nitrogens with one attached hydrogen (secondary N) is 2. The van der Waals surface area contributed by atoms with E-state index in [1.54, 1.807) is 7.11 Å². The molecule has 0 aromatic rings. The van der Waals surface area contributed by atoms with E-state index in [-0.39, 0.29) is 0 Å². The van der Waals surface area contributed by atoms with Crippen molar-refractivity contribution in [3.63, 3.8) is 0 Å². The van der Waals surface area contributed by atoms with Gasteiger partial charge in [-0.3, -0.25) is 0 Å². The second-order valence-corrected chi connectivity index (χ2v) is 3.26. The van der Waals surface area contributed by atoms with Crippen LogP contribution in [0.1, 0.15) is 6.92 Å². The van der Waals surface area contributed by atoms with Gasteiger partial charge in [0.05, 0.1) is 19.8 Å². The van der Waals surface area contributed by atoms with Crippen molar-refractivity contribution in [1.82, 2.24) is 10.6 Å². The number of methoxy groups -OCH3 is 1. The van der Waals surface area contributed by atoms with Gasteiger partial charge in [0.2, 0.25) is 0 Å². The van der Waals surface area contributed by atoms with Crippen LogP contribution in [0.2, 0.25) is 0 Å². The number of hydrogen-bond acceptors (Lipinski definition) is 4. The molecule has 1 fully saturated rings. The van der Waals surface area contributed by atoms with Crippen LogP contribution in [0.5, 0.6) is 0 Å². The fourth-order valence-corrected chi connectivity index (χ4v) is 1.60. The van der Waals surface area contributed by atoms with Crippen molar-refractivity contribution in [2.45, 2.75) is 19.0 Å².